The minimum absolute atomic E-state index is 0.0748. The minimum Gasteiger partial charge on any atom is -0.464 e. The van der Waals surface area contributed by atoms with Crippen molar-refractivity contribution in [3.8, 4) is 0 Å². The Morgan fingerprint density at radius 1 is 1.26 bits per heavy atom. The topological polar surface area (TPSA) is 83.6 Å². The zero-order valence-electron chi connectivity index (χ0n) is 20.5. The molecule has 34 heavy (non-hydrogen) atoms. The molecule has 7 nitrogen and oxygen atoms in total. The number of hydrogen-bond donors (Lipinski definition) is 2. The van der Waals surface area contributed by atoms with Gasteiger partial charge in [0.05, 0.1) is 11.6 Å². The van der Waals surface area contributed by atoms with Gasteiger partial charge in [-0.25, -0.2) is 9.78 Å². The number of hydrogen-bond acceptors (Lipinski definition) is 6. The largest absolute Gasteiger partial charge is 0.464 e. The Labute approximate surface area is 211 Å². The van der Waals surface area contributed by atoms with Crippen molar-refractivity contribution in [2.24, 2.45) is 0 Å². The van der Waals surface area contributed by atoms with E-state index in [1.54, 1.807) is 13.8 Å². The molecule has 0 aliphatic carbocycles. The second kappa shape index (κ2) is 11.3. The Morgan fingerprint density at radius 2 is 1.94 bits per heavy atom. The van der Waals surface area contributed by atoms with Gasteiger partial charge in [-0.05, 0) is 56.0 Å². The number of benzene rings is 1. The van der Waals surface area contributed by atoms with Crippen molar-refractivity contribution in [2.45, 2.75) is 64.8 Å². The summed E-state index contributed by atoms with van der Waals surface area (Å²) in [5.41, 5.74) is 2.29. The molecule has 2 heterocycles. The standard InChI is InChI=1S/C25H34N4O3S2/c1-6-32-23(31)16(2)26-24(33)29-13-11-17(12-14-29)22-28-20(15-34-22)21(30)27-19-10-8-7-9-18(19)25(3,4)5/h7-10,15-17H,6,11-14H2,1-5H3,(H,26,33)(H,27,30). The molecule has 9 heteroatoms. The highest BCUT2D eigenvalue weighted by molar-refractivity contribution is 7.80. The van der Waals surface area contributed by atoms with Crippen LogP contribution in [-0.4, -0.2) is 52.6 Å². The normalized spacial score (nSPS) is 15.5. The minimum atomic E-state index is -0.478. The molecule has 1 saturated heterocycles. The fraction of sp³-hybridized carbons (Fsp3) is 0.520. The lowest BCUT2D eigenvalue weighted by Gasteiger charge is -2.33. The zero-order valence-corrected chi connectivity index (χ0v) is 22.1. The van der Waals surface area contributed by atoms with E-state index in [-0.39, 0.29) is 23.2 Å². The molecule has 1 aliphatic heterocycles. The molecule has 184 valence electrons. The van der Waals surface area contributed by atoms with E-state index >= 15 is 0 Å². The van der Waals surface area contributed by atoms with E-state index in [4.69, 9.17) is 17.0 Å². The Morgan fingerprint density at radius 3 is 2.59 bits per heavy atom. The number of carbonyl (C=O) groups is 2. The van der Waals surface area contributed by atoms with Gasteiger partial charge in [0, 0.05) is 30.1 Å². The predicted octanol–water partition coefficient (Wildman–Crippen LogP) is 4.70. The van der Waals surface area contributed by atoms with Gasteiger partial charge in [-0.1, -0.05) is 39.0 Å². The van der Waals surface area contributed by atoms with Crippen LogP contribution in [0.2, 0.25) is 0 Å². The Bertz CT molecular complexity index is 1020. The van der Waals surface area contributed by atoms with Crippen LogP contribution in [0.1, 0.15) is 74.4 Å². The summed E-state index contributed by atoms with van der Waals surface area (Å²) < 4.78 is 5.03. The van der Waals surface area contributed by atoms with Crippen molar-refractivity contribution in [1.29, 1.82) is 0 Å². The first-order chi connectivity index (χ1) is 16.1. The van der Waals surface area contributed by atoms with E-state index in [0.29, 0.717) is 17.4 Å². The van der Waals surface area contributed by atoms with Crippen LogP contribution < -0.4 is 10.6 Å². The molecule has 0 radical (unpaired) electrons. The number of amides is 1. The van der Waals surface area contributed by atoms with E-state index in [1.807, 2.05) is 29.6 Å². The molecule has 0 spiro atoms. The number of nitrogens with zero attached hydrogens (tertiary/aromatic N) is 2. The number of para-hydroxylation sites is 1. The number of nitrogens with one attached hydrogen (secondary N) is 2. The van der Waals surface area contributed by atoms with Gasteiger partial charge in [0.15, 0.2) is 5.11 Å². The molecule has 3 rings (SSSR count). The van der Waals surface area contributed by atoms with Gasteiger partial charge < -0.3 is 20.3 Å². The predicted molar refractivity (Wildman–Crippen MR) is 141 cm³/mol. The van der Waals surface area contributed by atoms with Gasteiger partial charge in [0.2, 0.25) is 0 Å². The van der Waals surface area contributed by atoms with Crippen LogP contribution in [0.25, 0.3) is 0 Å². The Hall–Kier alpha value is -2.52. The van der Waals surface area contributed by atoms with E-state index in [1.165, 1.54) is 11.3 Å². The number of piperidine rings is 1. The van der Waals surface area contributed by atoms with Crippen LogP contribution in [0.3, 0.4) is 0 Å². The first-order valence-corrected chi connectivity index (χ1v) is 13.0. The zero-order chi connectivity index (χ0) is 24.9. The lowest BCUT2D eigenvalue weighted by molar-refractivity contribution is -0.144. The number of anilines is 1. The average molecular weight is 503 g/mol. The SMILES string of the molecule is CCOC(=O)C(C)NC(=S)N1CCC(c2nc(C(=O)Nc3ccccc3C(C)(C)C)cs2)CC1. The van der Waals surface area contributed by atoms with Crippen molar-refractivity contribution in [3.05, 3.63) is 45.9 Å². The third-order valence-electron chi connectivity index (χ3n) is 5.85. The maximum atomic E-state index is 12.9. The lowest BCUT2D eigenvalue weighted by atomic mass is 9.86. The highest BCUT2D eigenvalue weighted by atomic mass is 32.1. The van der Waals surface area contributed by atoms with Crippen molar-refractivity contribution < 1.29 is 14.3 Å². The van der Waals surface area contributed by atoms with Gasteiger partial charge in [-0.15, -0.1) is 11.3 Å². The molecule has 1 atom stereocenters. The highest BCUT2D eigenvalue weighted by Gasteiger charge is 2.27. The van der Waals surface area contributed by atoms with Gasteiger partial charge >= 0.3 is 5.97 Å². The quantitative estimate of drug-likeness (QED) is 0.438. The van der Waals surface area contributed by atoms with Crippen LogP contribution in [0.15, 0.2) is 29.6 Å². The molecule has 2 N–H and O–H groups in total. The van der Waals surface area contributed by atoms with Crippen LogP contribution in [0.4, 0.5) is 5.69 Å². The fourth-order valence-corrected chi connectivity index (χ4v) is 5.27. The van der Waals surface area contributed by atoms with Gasteiger partial charge in [-0.3, -0.25) is 4.79 Å². The molecule has 0 saturated carbocycles. The number of rotatable bonds is 6. The van der Waals surface area contributed by atoms with Crippen LogP contribution in [0, 0.1) is 0 Å². The number of thiocarbonyl (C=S) groups is 1. The van der Waals surface area contributed by atoms with Gasteiger partial charge in [-0.2, -0.15) is 0 Å². The highest BCUT2D eigenvalue weighted by Crippen LogP contribution is 2.32. The fourth-order valence-electron chi connectivity index (χ4n) is 3.94. The van der Waals surface area contributed by atoms with Gasteiger partial charge in [0.1, 0.15) is 11.7 Å². The molecule has 1 aromatic carbocycles. The molecule has 2 aromatic rings. The molecular weight excluding hydrogens is 468 g/mol. The summed E-state index contributed by atoms with van der Waals surface area (Å²) in [6.45, 7) is 11.8. The van der Waals surface area contributed by atoms with Crippen molar-refractivity contribution >= 4 is 46.2 Å². The summed E-state index contributed by atoms with van der Waals surface area (Å²) in [6, 6.07) is 7.41. The number of aromatic nitrogens is 1. The molecule has 1 aliphatic rings. The number of esters is 1. The second-order valence-electron chi connectivity index (χ2n) is 9.51. The summed E-state index contributed by atoms with van der Waals surface area (Å²) >= 11 is 7.02. The molecule has 0 bridgehead atoms. The van der Waals surface area contributed by atoms with E-state index < -0.39 is 6.04 Å². The average Bonchev–Trinajstić information content (AvgIpc) is 3.29. The van der Waals surface area contributed by atoms with E-state index in [9.17, 15) is 9.59 Å². The Kier molecular flexibility index (Phi) is 8.65. The number of ether oxygens (including phenoxy) is 1. The van der Waals surface area contributed by atoms with Crippen LogP contribution in [-0.2, 0) is 14.9 Å². The summed E-state index contributed by atoms with van der Waals surface area (Å²) in [5, 5.41) is 9.49. The maximum absolute atomic E-state index is 12.9. The second-order valence-corrected chi connectivity index (χ2v) is 10.8. The smallest absolute Gasteiger partial charge is 0.328 e. The lowest BCUT2D eigenvalue weighted by Crippen LogP contribution is -2.49. The molecule has 1 aromatic heterocycles. The maximum Gasteiger partial charge on any atom is 0.328 e. The third kappa shape index (κ3) is 6.54. The first-order valence-electron chi connectivity index (χ1n) is 11.7. The summed E-state index contributed by atoms with van der Waals surface area (Å²) in [5.74, 6) is -0.205. The number of thiazole rings is 1. The monoisotopic (exact) mass is 502 g/mol. The van der Waals surface area contributed by atoms with Crippen molar-refractivity contribution in [3.63, 3.8) is 0 Å². The molecular formula is C25H34N4O3S2. The summed E-state index contributed by atoms with van der Waals surface area (Å²) in [6.07, 6.45) is 1.77. The van der Waals surface area contributed by atoms with Crippen molar-refractivity contribution in [2.75, 3.05) is 25.0 Å². The molecule has 1 amide bonds. The summed E-state index contributed by atoms with van der Waals surface area (Å²) in [4.78, 5) is 31.5. The van der Waals surface area contributed by atoms with Crippen LogP contribution >= 0.6 is 23.6 Å². The van der Waals surface area contributed by atoms with E-state index in [2.05, 4.69) is 41.3 Å². The molecule has 1 unspecified atom stereocenters. The third-order valence-corrected chi connectivity index (χ3v) is 7.23. The summed E-state index contributed by atoms with van der Waals surface area (Å²) in [7, 11) is 0. The Balaban J connectivity index is 1.56. The first kappa shape index (κ1) is 26.1. The van der Waals surface area contributed by atoms with Crippen molar-refractivity contribution in [1.82, 2.24) is 15.2 Å². The number of carbonyl (C=O) groups excluding carboxylic acids is 2. The van der Waals surface area contributed by atoms with Crippen LogP contribution in [0.5, 0.6) is 0 Å². The number of likely N-dealkylation sites (tertiary alicyclic amines) is 1. The molecule has 1 fully saturated rings. The van der Waals surface area contributed by atoms with E-state index in [0.717, 1.165) is 42.2 Å². The van der Waals surface area contributed by atoms with Gasteiger partial charge in [0.25, 0.3) is 5.91 Å².